The van der Waals surface area contributed by atoms with E-state index in [1.807, 2.05) is 41.0 Å². The lowest BCUT2D eigenvalue weighted by Gasteiger charge is -2.36. The van der Waals surface area contributed by atoms with Crippen LogP contribution in [0.25, 0.3) is 10.1 Å². The van der Waals surface area contributed by atoms with Gasteiger partial charge in [-0.1, -0.05) is 18.2 Å². The van der Waals surface area contributed by atoms with Crippen LogP contribution in [0.5, 0.6) is 5.75 Å². The molecule has 1 aliphatic rings. The first-order chi connectivity index (χ1) is 14.1. The Bertz CT molecular complexity index is 927. The minimum absolute atomic E-state index is 0.347. The van der Waals surface area contributed by atoms with Crippen LogP contribution in [0.3, 0.4) is 0 Å². The lowest BCUT2D eigenvalue weighted by atomic mass is 9.77. The number of thiophene rings is 2. The summed E-state index contributed by atoms with van der Waals surface area (Å²) in [6.45, 7) is 0.694. The van der Waals surface area contributed by atoms with Gasteiger partial charge in [-0.15, -0.1) is 22.7 Å². The van der Waals surface area contributed by atoms with E-state index < -0.39 is 0 Å². The molecule has 29 heavy (non-hydrogen) atoms. The fourth-order valence-corrected chi connectivity index (χ4v) is 6.35. The molecular formula is C23H28N2O2S2. The lowest BCUT2D eigenvalue weighted by Crippen LogP contribution is -2.35. The Morgan fingerprint density at radius 3 is 2.66 bits per heavy atom. The van der Waals surface area contributed by atoms with Crippen molar-refractivity contribution in [2.75, 3.05) is 20.6 Å². The second-order valence-corrected chi connectivity index (χ2v) is 9.96. The number of nitrogens with one attached hydrogen (secondary N) is 1. The summed E-state index contributed by atoms with van der Waals surface area (Å²) in [4.78, 5) is 16.1. The molecule has 154 valence electrons. The first-order valence-electron chi connectivity index (χ1n) is 10.2. The second-order valence-electron chi connectivity index (χ2n) is 8.07. The van der Waals surface area contributed by atoms with E-state index in [0.29, 0.717) is 30.2 Å². The van der Waals surface area contributed by atoms with Crippen molar-refractivity contribution in [2.24, 2.45) is 11.8 Å². The molecule has 1 saturated carbocycles. The van der Waals surface area contributed by atoms with Crippen LogP contribution < -0.4 is 10.1 Å². The van der Waals surface area contributed by atoms with Crippen LogP contribution in [0.1, 0.15) is 36.6 Å². The van der Waals surface area contributed by atoms with Gasteiger partial charge in [0.1, 0.15) is 0 Å². The quantitative estimate of drug-likeness (QED) is 0.511. The van der Waals surface area contributed by atoms with Crippen molar-refractivity contribution in [1.29, 1.82) is 0 Å². The summed E-state index contributed by atoms with van der Waals surface area (Å²) in [6, 6.07) is 12.9. The number of carbonyl (C=O) groups is 1. The van der Waals surface area contributed by atoms with Gasteiger partial charge in [0, 0.05) is 32.9 Å². The summed E-state index contributed by atoms with van der Waals surface area (Å²) >= 11 is 3.45. The molecule has 0 spiro atoms. The first kappa shape index (κ1) is 20.4. The fraction of sp³-hybridized carbons (Fsp3) is 0.435. The Kier molecular flexibility index (Phi) is 6.53. The molecule has 1 N–H and O–H groups in total. The van der Waals surface area contributed by atoms with Crippen LogP contribution in [0.2, 0.25) is 0 Å². The summed E-state index contributed by atoms with van der Waals surface area (Å²) in [5.41, 5.74) is 0. The molecule has 0 aliphatic heterocycles. The van der Waals surface area contributed by atoms with Crippen molar-refractivity contribution < 1.29 is 9.53 Å². The van der Waals surface area contributed by atoms with Gasteiger partial charge in [0.25, 0.3) is 0 Å². The highest BCUT2D eigenvalue weighted by Gasteiger charge is 2.30. The van der Waals surface area contributed by atoms with E-state index in [0.717, 1.165) is 22.9 Å². The third kappa shape index (κ3) is 4.82. The number of amides is 1. The van der Waals surface area contributed by atoms with E-state index in [1.165, 1.54) is 17.7 Å². The highest BCUT2D eigenvalue weighted by molar-refractivity contribution is 7.17. The number of nitrogens with zero attached hydrogens (tertiary/aromatic N) is 1. The molecule has 0 saturated heterocycles. The standard InChI is InChI=1S/C23H28N2O2S2/c1-25(2)22(21-8-5-13-28-21)17-11-9-16(10-12-17)14-24-23(26)27-19-15-29-20-7-4-3-6-18(19)20/h3-8,13,15-17,22H,9-12,14H2,1-2H3,(H,24,26). The summed E-state index contributed by atoms with van der Waals surface area (Å²) < 4.78 is 6.69. The topological polar surface area (TPSA) is 41.6 Å². The molecule has 1 aromatic carbocycles. The first-order valence-corrected chi connectivity index (χ1v) is 12.0. The smallest absolute Gasteiger partial charge is 0.409 e. The number of hydrogen-bond donors (Lipinski definition) is 1. The number of rotatable bonds is 6. The molecule has 1 amide bonds. The average Bonchev–Trinajstić information content (AvgIpc) is 3.38. The zero-order chi connectivity index (χ0) is 20.2. The SMILES string of the molecule is CN(C)C(c1cccs1)C1CCC(CNC(=O)Oc2csc3ccccc23)CC1. The molecule has 0 radical (unpaired) electrons. The van der Waals surface area contributed by atoms with Crippen molar-refractivity contribution in [3.05, 3.63) is 52.0 Å². The molecule has 0 bridgehead atoms. The van der Waals surface area contributed by atoms with Crippen molar-refractivity contribution >= 4 is 38.9 Å². The molecular weight excluding hydrogens is 400 g/mol. The number of hydrogen-bond acceptors (Lipinski definition) is 5. The van der Waals surface area contributed by atoms with Crippen LogP contribution >= 0.6 is 22.7 Å². The molecule has 2 heterocycles. The maximum atomic E-state index is 12.3. The van der Waals surface area contributed by atoms with Gasteiger partial charge in [0.15, 0.2) is 5.75 Å². The van der Waals surface area contributed by atoms with Gasteiger partial charge >= 0.3 is 6.09 Å². The third-order valence-electron chi connectivity index (χ3n) is 5.91. The zero-order valence-corrected chi connectivity index (χ0v) is 18.6. The highest BCUT2D eigenvalue weighted by atomic mass is 32.1. The van der Waals surface area contributed by atoms with Crippen molar-refractivity contribution in [1.82, 2.24) is 10.2 Å². The van der Waals surface area contributed by atoms with Gasteiger partial charge in [-0.25, -0.2) is 4.79 Å². The zero-order valence-electron chi connectivity index (χ0n) is 17.0. The maximum Gasteiger partial charge on any atom is 0.412 e. The predicted octanol–water partition coefficient (Wildman–Crippen LogP) is 6.16. The molecule has 1 atom stereocenters. The Morgan fingerprint density at radius 2 is 1.93 bits per heavy atom. The van der Waals surface area contributed by atoms with E-state index in [9.17, 15) is 4.79 Å². The van der Waals surface area contributed by atoms with E-state index in [2.05, 4.69) is 41.8 Å². The number of fused-ring (bicyclic) bond motifs is 1. The van der Waals surface area contributed by atoms with Gasteiger partial charge in [-0.3, -0.25) is 0 Å². The Morgan fingerprint density at radius 1 is 1.14 bits per heavy atom. The molecule has 1 fully saturated rings. The van der Waals surface area contributed by atoms with Crippen LogP contribution in [0, 0.1) is 11.8 Å². The summed E-state index contributed by atoms with van der Waals surface area (Å²) in [5.74, 6) is 1.87. The van der Waals surface area contributed by atoms with Crippen molar-refractivity contribution in [3.63, 3.8) is 0 Å². The average molecular weight is 429 g/mol. The maximum absolute atomic E-state index is 12.3. The fourth-order valence-electron chi connectivity index (χ4n) is 4.47. The number of ether oxygens (including phenoxy) is 1. The normalized spacial score (nSPS) is 20.7. The Balaban J connectivity index is 1.26. The predicted molar refractivity (Wildman–Crippen MR) is 122 cm³/mol. The van der Waals surface area contributed by atoms with Gasteiger partial charge in [-0.2, -0.15) is 0 Å². The van der Waals surface area contributed by atoms with Gasteiger partial charge in [0.05, 0.1) is 0 Å². The number of carbonyl (C=O) groups excluding carboxylic acids is 1. The molecule has 6 heteroatoms. The molecule has 3 aromatic rings. The van der Waals surface area contributed by atoms with Crippen molar-refractivity contribution in [2.45, 2.75) is 31.7 Å². The second kappa shape index (κ2) is 9.28. The minimum atomic E-state index is -0.347. The monoisotopic (exact) mass is 428 g/mol. The summed E-state index contributed by atoms with van der Waals surface area (Å²) in [7, 11) is 4.37. The van der Waals surface area contributed by atoms with Crippen LogP contribution in [-0.2, 0) is 0 Å². The lowest BCUT2D eigenvalue weighted by molar-refractivity contribution is 0.149. The summed E-state index contributed by atoms with van der Waals surface area (Å²) in [5, 5.41) is 8.06. The van der Waals surface area contributed by atoms with Crippen LogP contribution in [-0.4, -0.2) is 31.6 Å². The van der Waals surface area contributed by atoms with Crippen molar-refractivity contribution in [3.8, 4) is 5.75 Å². The van der Waals surface area contributed by atoms with Gasteiger partial charge < -0.3 is 15.0 Å². The van der Waals surface area contributed by atoms with E-state index in [1.54, 1.807) is 11.3 Å². The van der Waals surface area contributed by atoms with E-state index in [-0.39, 0.29) is 6.09 Å². The molecule has 4 nitrogen and oxygen atoms in total. The van der Waals surface area contributed by atoms with Gasteiger partial charge in [-0.05, 0) is 75.2 Å². The third-order valence-corrected chi connectivity index (χ3v) is 7.80. The molecule has 1 aliphatic carbocycles. The molecule has 4 rings (SSSR count). The van der Waals surface area contributed by atoms with E-state index >= 15 is 0 Å². The highest BCUT2D eigenvalue weighted by Crippen LogP contribution is 2.40. The largest absolute Gasteiger partial charge is 0.412 e. The van der Waals surface area contributed by atoms with E-state index in [4.69, 9.17) is 4.74 Å². The molecule has 2 aromatic heterocycles. The Hall–Kier alpha value is -1.89. The van der Waals surface area contributed by atoms with Gasteiger partial charge in [0.2, 0.25) is 0 Å². The summed E-state index contributed by atoms with van der Waals surface area (Å²) in [6.07, 6.45) is 4.37. The number of benzene rings is 1. The Labute approximate surface area is 180 Å². The van der Waals surface area contributed by atoms with Crippen LogP contribution in [0.15, 0.2) is 47.2 Å². The minimum Gasteiger partial charge on any atom is -0.409 e. The molecule has 1 unspecified atom stereocenters. The van der Waals surface area contributed by atoms with Crippen LogP contribution in [0.4, 0.5) is 4.79 Å².